The van der Waals surface area contributed by atoms with E-state index in [1.165, 1.54) is 10.6 Å². The minimum absolute atomic E-state index is 0.0345. The van der Waals surface area contributed by atoms with E-state index in [0.29, 0.717) is 56.1 Å². The summed E-state index contributed by atoms with van der Waals surface area (Å²) in [4.78, 5) is 15.0. The number of para-hydroxylation sites is 2. The van der Waals surface area contributed by atoms with Crippen molar-refractivity contribution < 1.29 is 22.2 Å². The molecule has 5 heteroatoms. The molecule has 13 aromatic rings. The first-order valence-corrected chi connectivity index (χ1v) is 19.9. The SMILES string of the molecule is [2H]c1c([2H])c([2H])c(-n2c3c([2H])cc(-c4cccc5oc6c(-c7nc(-c8ccccc8)nc(-c8ccc(-c9ccccc9)cc8)n7)cccc6c45)c4c5c([2H])c([2H])c([2H])c([2H])c5c5c([2H])c([2H])c([2H])c2c5c43)c([2H])c1[2H]. The number of hydrogen-bond donors (Lipinski definition) is 0. The number of rotatable bonds is 6. The Labute approximate surface area is 374 Å². The van der Waals surface area contributed by atoms with E-state index in [-0.39, 0.29) is 49.4 Å². The first-order valence-electron chi connectivity index (χ1n) is 26.4. The summed E-state index contributed by atoms with van der Waals surface area (Å²) in [7, 11) is 0. The summed E-state index contributed by atoms with van der Waals surface area (Å²) in [6.45, 7) is 0. The molecular formula is C57H34N4O. The van der Waals surface area contributed by atoms with Gasteiger partial charge in [0.2, 0.25) is 0 Å². The zero-order valence-electron chi connectivity index (χ0n) is 45.3. The van der Waals surface area contributed by atoms with Gasteiger partial charge in [0.25, 0.3) is 0 Å². The topological polar surface area (TPSA) is 56.7 Å². The Morgan fingerprint density at radius 3 is 1.74 bits per heavy atom. The molecule has 0 aliphatic heterocycles. The van der Waals surface area contributed by atoms with Crippen molar-refractivity contribution in [3.8, 4) is 62.1 Å². The zero-order valence-corrected chi connectivity index (χ0v) is 32.3. The molecule has 3 aromatic heterocycles. The van der Waals surface area contributed by atoms with Gasteiger partial charge >= 0.3 is 0 Å². The molecule has 3 heterocycles. The number of nitrogens with zero attached hydrogens (tertiary/aromatic N) is 4. The van der Waals surface area contributed by atoms with Crippen LogP contribution in [0.15, 0.2) is 210 Å². The van der Waals surface area contributed by atoms with Crippen LogP contribution in [0.1, 0.15) is 17.8 Å². The molecule has 0 saturated carbocycles. The van der Waals surface area contributed by atoms with Crippen LogP contribution in [0.25, 0.3) is 127 Å². The van der Waals surface area contributed by atoms with E-state index in [0.717, 1.165) is 22.3 Å². The normalized spacial score (nSPS) is 14.8. The Bertz CT molecular complexity index is 4590. The van der Waals surface area contributed by atoms with Gasteiger partial charge in [-0.05, 0) is 74.7 Å². The first-order chi connectivity index (χ1) is 36.2. The summed E-state index contributed by atoms with van der Waals surface area (Å²) in [5.74, 6) is 1.19. The van der Waals surface area contributed by atoms with Gasteiger partial charge in [-0.1, -0.05) is 170 Å². The standard InChI is InChI=1S/C57H34N4O/c1-4-15-35(16-5-1)36-29-31-38(32-30-36)56-58-55(37-17-6-2-7-18-37)59-57(60-56)46-26-12-25-45-50-43(24-14-28-49(50)62-54(45)46)44-33-34-48-53-51(44)41-22-11-10-21-40(41)42-23-13-27-47(52(42)53)61(48)39-19-8-3-9-20-39/h1-34H/i3D,8D,9D,10D,11D,13D,19D,20D,21D,22D,23D,27D,34D. The molecule has 0 unspecified atom stereocenters. The average Bonchev–Trinajstić information content (AvgIpc) is 4.16. The van der Waals surface area contributed by atoms with Crippen molar-refractivity contribution in [2.75, 3.05) is 0 Å². The maximum atomic E-state index is 9.88. The van der Waals surface area contributed by atoms with Gasteiger partial charge in [0.15, 0.2) is 17.5 Å². The molecule has 0 saturated heterocycles. The van der Waals surface area contributed by atoms with E-state index in [1.807, 2.05) is 103 Å². The van der Waals surface area contributed by atoms with Crippen molar-refractivity contribution >= 4 is 65.3 Å². The molecule has 0 aliphatic carbocycles. The third kappa shape index (κ3) is 5.18. The summed E-state index contributed by atoms with van der Waals surface area (Å²) in [6, 6.07) is 32.6. The van der Waals surface area contributed by atoms with Gasteiger partial charge < -0.3 is 8.98 Å². The zero-order chi connectivity index (χ0) is 52.0. The molecule has 0 bridgehead atoms. The quantitative estimate of drug-likeness (QED) is 0.157. The summed E-state index contributed by atoms with van der Waals surface area (Å²) in [6.07, 6.45) is 0. The highest BCUT2D eigenvalue weighted by molar-refractivity contribution is 6.37. The van der Waals surface area contributed by atoms with Crippen LogP contribution in [0.5, 0.6) is 0 Å². The second-order valence-corrected chi connectivity index (χ2v) is 14.9. The Hall–Kier alpha value is -8.41. The smallest absolute Gasteiger partial charge is 0.167 e. The molecular weight excluding hydrogens is 757 g/mol. The Kier molecular flexibility index (Phi) is 5.25. The minimum Gasteiger partial charge on any atom is -0.455 e. The van der Waals surface area contributed by atoms with Gasteiger partial charge in [0, 0.05) is 43.7 Å². The summed E-state index contributed by atoms with van der Waals surface area (Å²) < 4.78 is 126. The Morgan fingerprint density at radius 2 is 0.952 bits per heavy atom. The molecule has 0 aliphatic rings. The van der Waals surface area contributed by atoms with Gasteiger partial charge in [0.05, 0.1) is 34.4 Å². The number of furan rings is 1. The van der Waals surface area contributed by atoms with Crippen molar-refractivity contribution in [3.05, 3.63) is 206 Å². The average molecular weight is 804 g/mol. The van der Waals surface area contributed by atoms with E-state index >= 15 is 0 Å². The van der Waals surface area contributed by atoms with Gasteiger partial charge in [0.1, 0.15) is 11.2 Å². The van der Waals surface area contributed by atoms with Crippen molar-refractivity contribution in [1.29, 1.82) is 0 Å². The van der Waals surface area contributed by atoms with Crippen LogP contribution in [-0.4, -0.2) is 19.5 Å². The lowest BCUT2D eigenvalue weighted by Gasteiger charge is -2.14. The Morgan fingerprint density at radius 1 is 0.371 bits per heavy atom. The minimum atomic E-state index is -0.683. The third-order valence-corrected chi connectivity index (χ3v) is 11.5. The molecule has 10 aromatic carbocycles. The van der Waals surface area contributed by atoms with Crippen molar-refractivity contribution in [2.24, 2.45) is 0 Å². The van der Waals surface area contributed by atoms with Crippen molar-refractivity contribution in [1.82, 2.24) is 19.5 Å². The molecule has 288 valence electrons. The first kappa shape index (κ1) is 24.0. The van der Waals surface area contributed by atoms with E-state index in [2.05, 4.69) is 0 Å². The van der Waals surface area contributed by atoms with E-state index < -0.39 is 78.2 Å². The van der Waals surface area contributed by atoms with Crippen LogP contribution in [-0.2, 0) is 0 Å². The molecule has 0 N–H and O–H groups in total. The molecule has 0 atom stereocenters. The number of aromatic nitrogens is 4. The Balaban J connectivity index is 1.13. The van der Waals surface area contributed by atoms with Crippen LogP contribution in [0.3, 0.4) is 0 Å². The van der Waals surface area contributed by atoms with Crippen LogP contribution >= 0.6 is 0 Å². The molecule has 0 fully saturated rings. The highest BCUT2D eigenvalue weighted by Gasteiger charge is 2.25. The summed E-state index contributed by atoms with van der Waals surface area (Å²) in [5, 5.41) is 1.31. The second kappa shape index (κ2) is 13.6. The lowest BCUT2D eigenvalue weighted by atomic mass is 9.88. The van der Waals surface area contributed by atoms with Gasteiger partial charge in [-0.2, -0.15) is 0 Å². The predicted molar refractivity (Wildman–Crippen MR) is 255 cm³/mol. The largest absolute Gasteiger partial charge is 0.455 e. The fraction of sp³-hybridized carbons (Fsp3) is 0. The lowest BCUT2D eigenvalue weighted by Crippen LogP contribution is -2.00. The molecule has 5 nitrogen and oxygen atoms in total. The fourth-order valence-electron chi connectivity index (χ4n) is 8.84. The van der Waals surface area contributed by atoms with Crippen molar-refractivity contribution in [2.45, 2.75) is 0 Å². The van der Waals surface area contributed by atoms with Crippen LogP contribution in [0.2, 0.25) is 0 Å². The number of fused-ring (bicyclic) bond motifs is 6. The fourth-order valence-corrected chi connectivity index (χ4v) is 8.84. The van der Waals surface area contributed by atoms with Gasteiger partial charge in [-0.15, -0.1) is 0 Å². The van der Waals surface area contributed by atoms with E-state index in [4.69, 9.17) is 30.3 Å². The molecule has 13 rings (SSSR count). The van der Waals surface area contributed by atoms with E-state index in [9.17, 15) is 6.85 Å². The highest BCUT2D eigenvalue weighted by atomic mass is 16.3. The van der Waals surface area contributed by atoms with Crippen LogP contribution in [0.4, 0.5) is 0 Å². The second-order valence-electron chi connectivity index (χ2n) is 14.9. The molecule has 0 spiro atoms. The summed E-state index contributed by atoms with van der Waals surface area (Å²) >= 11 is 0. The highest BCUT2D eigenvalue weighted by Crippen LogP contribution is 2.49. The molecule has 62 heavy (non-hydrogen) atoms. The van der Waals surface area contributed by atoms with Gasteiger partial charge in [-0.3, -0.25) is 0 Å². The van der Waals surface area contributed by atoms with Crippen LogP contribution < -0.4 is 0 Å². The third-order valence-electron chi connectivity index (χ3n) is 11.5. The number of benzene rings is 10. The van der Waals surface area contributed by atoms with Gasteiger partial charge in [-0.25, -0.2) is 15.0 Å². The monoisotopic (exact) mass is 803 g/mol. The van der Waals surface area contributed by atoms with Crippen LogP contribution in [0, 0.1) is 0 Å². The van der Waals surface area contributed by atoms with E-state index in [1.54, 1.807) is 18.2 Å². The predicted octanol–water partition coefficient (Wildman–Crippen LogP) is 14.9. The maximum absolute atomic E-state index is 9.88. The number of hydrogen-bond acceptors (Lipinski definition) is 4. The lowest BCUT2D eigenvalue weighted by molar-refractivity contribution is 0.669. The maximum Gasteiger partial charge on any atom is 0.167 e. The van der Waals surface area contributed by atoms with Crippen molar-refractivity contribution in [3.63, 3.8) is 0 Å². The molecule has 0 amide bonds. The summed E-state index contributed by atoms with van der Waals surface area (Å²) in [5.41, 5.74) is 5.14. The molecule has 0 radical (unpaired) electrons.